The van der Waals surface area contributed by atoms with E-state index in [-0.39, 0.29) is 5.82 Å². The minimum absolute atomic E-state index is 0.315. The summed E-state index contributed by atoms with van der Waals surface area (Å²) in [6.07, 6.45) is 0. The maximum atomic E-state index is 13.0. The zero-order valence-electron chi connectivity index (χ0n) is 14.3. The molecule has 2 N–H and O–H groups in total. The number of hydrogen-bond acceptors (Lipinski definition) is 7. The van der Waals surface area contributed by atoms with Gasteiger partial charge in [0.15, 0.2) is 5.82 Å². The van der Waals surface area contributed by atoms with Crippen LogP contribution in [-0.4, -0.2) is 25.0 Å². The van der Waals surface area contributed by atoms with Crippen molar-refractivity contribution in [3.63, 3.8) is 0 Å². The quantitative estimate of drug-likeness (QED) is 0.417. The van der Waals surface area contributed by atoms with Gasteiger partial charge in [-0.05, 0) is 31.2 Å². The van der Waals surface area contributed by atoms with Gasteiger partial charge in [0, 0.05) is 11.1 Å². The van der Waals surface area contributed by atoms with Gasteiger partial charge in [-0.2, -0.15) is 4.98 Å². The summed E-state index contributed by atoms with van der Waals surface area (Å²) < 4.78 is 19.7. The Kier molecular flexibility index (Phi) is 4.59. The number of rotatable bonds is 5. The molecule has 0 saturated heterocycles. The molecule has 4 rings (SSSR count). The molecule has 0 bridgehead atoms. The van der Waals surface area contributed by atoms with E-state index in [1.165, 1.54) is 28.6 Å². The molecule has 0 unspecified atom stereocenters. The lowest BCUT2D eigenvalue weighted by Gasteiger charge is -2.03. The first-order chi connectivity index (χ1) is 13.1. The Bertz CT molecular complexity index is 1060. The van der Waals surface area contributed by atoms with Gasteiger partial charge < -0.3 is 10.4 Å². The standard InChI is InChI=1S/C18H15FN6OS/c1-11-2-4-13(5-3-11)17-22-23-18(25(17)20)27-10-15-21-16(24-26-15)12-6-8-14(19)9-7-12/h2-9H,10,20H2,1H3. The summed E-state index contributed by atoms with van der Waals surface area (Å²) in [4.78, 5) is 4.31. The van der Waals surface area contributed by atoms with Crippen LogP contribution < -0.4 is 5.84 Å². The first-order valence-corrected chi connectivity index (χ1v) is 9.07. The maximum absolute atomic E-state index is 13.0. The molecular weight excluding hydrogens is 367 g/mol. The van der Waals surface area contributed by atoms with Gasteiger partial charge >= 0.3 is 0 Å². The van der Waals surface area contributed by atoms with E-state index in [0.29, 0.717) is 34.0 Å². The molecule has 0 aliphatic carbocycles. The van der Waals surface area contributed by atoms with Gasteiger partial charge in [0.25, 0.3) is 0 Å². The van der Waals surface area contributed by atoms with Crippen molar-refractivity contribution in [2.75, 3.05) is 5.84 Å². The van der Waals surface area contributed by atoms with Gasteiger partial charge in [0.2, 0.25) is 16.9 Å². The fourth-order valence-corrected chi connectivity index (χ4v) is 3.12. The van der Waals surface area contributed by atoms with Crippen molar-refractivity contribution in [3.05, 3.63) is 65.8 Å². The number of halogens is 1. The Morgan fingerprint density at radius 1 is 1.04 bits per heavy atom. The predicted molar refractivity (Wildman–Crippen MR) is 99.6 cm³/mol. The van der Waals surface area contributed by atoms with E-state index in [1.807, 2.05) is 31.2 Å². The molecule has 0 saturated carbocycles. The molecular formula is C18H15FN6OS. The van der Waals surface area contributed by atoms with Crippen LogP contribution in [0.3, 0.4) is 0 Å². The molecule has 0 aliphatic heterocycles. The van der Waals surface area contributed by atoms with Gasteiger partial charge in [0.1, 0.15) is 5.82 Å². The van der Waals surface area contributed by atoms with Crippen molar-refractivity contribution < 1.29 is 8.91 Å². The largest absolute Gasteiger partial charge is 0.338 e. The SMILES string of the molecule is Cc1ccc(-c2nnc(SCc3nc(-c4ccc(F)cc4)no3)n2N)cc1. The summed E-state index contributed by atoms with van der Waals surface area (Å²) in [6, 6.07) is 13.8. The van der Waals surface area contributed by atoms with E-state index in [1.54, 1.807) is 12.1 Å². The van der Waals surface area contributed by atoms with Crippen LogP contribution >= 0.6 is 11.8 Å². The van der Waals surface area contributed by atoms with Crippen molar-refractivity contribution in [2.45, 2.75) is 17.8 Å². The van der Waals surface area contributed by atoms with Crippen LogP contribution in [0.1, 0.15) is 11.5 Å². The first-order valence-electron chi connectivity index (χ1n) is 8.09. The number of aryl methyl sites for hydroxylation is 1. The minimum Gasteiger partial charge on any atom is -0.338 e. The van der Waals surface area contributed by atoms with Crippen LogP contribution in [0.25, 0.3) is 22.8 Å². The number of thioether (sulfide) groups is 1. The van der Waals surface area contributed by atoms with Crippen LogP contribution in [0.15, 0.2) is 58.2 Å². The lowest BCUT2D eigenvalue weighted by molar-refractivity contribution is 0.391. The third-order valence-electron chi connectivity index (χ3n) is 3.87. The highest BCUT2D eigenvalue weighted by molar-refractivity contribution is 7.98. The normalized spacial score (nSPS) is 11.0. The molecule has 2 heterocycles. The van der Waals surface area contributed by atoms with E-state index in [9.17, 15) is 4.39 Å². The molecule has 0 amide bonds. The zero-order valence-corrected chi connectivity index (χ0v) is 15.2. The molecule has 2 aromatic carbocycles. The van der Waals surface area contributed by atoms with Gasteiger partial charge in [-0.25, -0.2) is 9.07 Å². The van der Waals surface area contributed by atoms with Gasteiger partial charge in [-0.1, -0.05) is 46.7 Å². The van der Waals surface area contributed by atoms with Crippen LogP contribution in [0, 0.1) is 12.7 Å². The summed E-state index contributed by atoms with van der Waals surface area (Å²) in [5.41, 5.74) is 2.73. The van der Waals surface area contributed by atoms with Crippen molar-refractivity contribution >= 4 is 11.8 Å². The number of benzene rings is 2. The number of nitrogens with zero attached hydrogens (tertiary/aromatic N) is 5. The first kappa shape index (κ1) is 17.2. The van der Waals surface area contributed by atoms with E-state index in [2.05, 4.69) is 20.3 Å². The molecule has 2 aromatic heterocycles. The average molecular weight is 382 g/mol. The van der Waals surface area contributed by atoms with Crippen LogP contribution in [0.2, 0.25) is 0 Å². The molecule has 7 nitrogen and oxygen atoms in total. The molecule has 0 fully saturated rings. The summed E-state index contributed by atoms with van der Waals surface area (Å²) >= 11 is 1.34. The molecule has 9 heteroatoms. The van der Waals surface area contributed by atoms with Crippen molar-refractivity contribution in [1.29, 1.82) is 0 Å². The van der Waals surface area contributed by atoms with Crippen molar-refractivity contribution in [1.82, 2.24) is 25.0 Å². The lowest BCUT2D eigenvalue weighted by atomic mass is 10.1. The van der Waals surface area contributed by atoms with E-state index in [0.717, 1.165) is 11.1 Å². The highest BCUT2D eigenvalue weighted by Crippen LogP contribution is 2.25. The fraction of sp³-hybridized carbons (Fsp3) is 0.111. The third-order valence-corrected chi connectivity index (χ3v) is 4.80. The summed E-state index contributed by atoms with van der Waals surface area (Å²) in [5, 5.41) is 12.7. The van der Waals surface area contributed by atoms with Crippen LogP contribution in [0.5, 0.6) is 0 Å². The second-order valence-corrected chi connectivity index (χ2v) is 6.79. The summed E-state index contributed by atoms with van der Waals surface area (Å²) in [7, 11) is 0. The lowest BCUT2D eigenvalue weighted by Crippen LogP contribution is -2.11. The molecule has 0 aliphatic rings. The summed E-state index contributed by atoms with van der Waals surface area (Å²) in [6.45, 7) is 2.02. The Balaban J connectivity index is 1.46. The minimum atomic E-state index is -0.315. The van der Waals surface area contributed by atoms with Gasteiger partial charge in [0.05, 0.1) is 5.75 Å². The van der Waals surface area contributed by atoms with Gasteiger partial charge in [-0.3, -0.25) is 0 Å². The number of hydrogen-bond donors (Lipinski definition) is 1. The number of aromatic nitrogens is 5. The Labute approximate surface area is 158 Å². The predicted octanol–water partition coefficient (Wildman–Crippen LogP) is 3.45. The van der Waals surface area contributed by atoms with Crippen LogP contribution in [-0.2, 0) is 5.75 Å². The van der Waals surface area contributed by atoms with E-state index in [4.69, 9.17) is 10.4 Å². The molecule has 27 heavy (non-hydrogen) atoms. The molecule has 0 spiro atoms. The number of nitrogen functional groups attached to an aromatic ring is 1. The highest BCUT2D eigenvalue weighted by Gasteiger charge is 2.15. The van der Waals surface area contributed by atoms with Crippen molar-refractivity contribution in [2.24, 2.45) is 0 Å². The summed E-state index contributed by atoms with van der Waals surface area (Å²) in [5.74, 6) is 7.59. The zero-order chi connectivity index (χ0) is 18.8. The highest BCUT2D eigenvalue weighted by atomic mass is 32.2. The van der Waals surface area contributed by atoms with Crippen molar-refractivity contribution in [3.8, 4) is 22.8 Å². The molecule has 4 aromatic rings. The van der Waals surface area contributed by atoms with E-state index >= 15 is 0 Å². The van der Waals surface area contributed by atoms with Gasteiger partial charge in [-0.15, -0.1) is 10.2 Å². The Morgan fingerprint density at radius 2 is 1.74 bits per heavy atom. The fourth-order valence-electron chi connectivity index (χ4n) is 2.43. The molecule has 136 valence electrons. The second-order valence-electron chi connectivity index (χ2n) is 5.85. The average Bonchev–Trinajstić information content (AvgIpc) is 3.28. The maximum Gasteiger partial charge on any atom is 0.237 e. The topological polar surface area (TPSA) is 95.6 Å². The Morgan fingerprint density at radius 3 is 2.48 bits per heavy atom. The van der Waals surface area contributed by atoms with E-state index < -0.39 is 0 Å². The monoisotopic (exact) mass is 382 g/mol. The van der Waals surface area contributed by atoms with Crippen LogP contribution in [0.4, 0.5) is 4.39 Å². The second kappa shape index (κ2) is 7.20. The molecule has 0 radical (unpaired) electrons. The number of nitrogens with two attached hydrogens (primary N) is 1. The molecule has 0 atom stereocenters. The smallest absolute Gasteiger partial charge is 0.237 e. The Hall–Kier alpha value is -3.20. The third kappa shape index (κ3) is 3.68.